The highest BCUT2D eigenvalue weighted by Crippen LogP contribution is 2.16. The fourth-order valence-corrected chi connectivity index (χ4v) is 1.27. The van der Waals surface area contributed by atoms with Gasteiger partial charge in [0, 0.05) is 7.05 Å². The number of nitrogens with zero attached hydrogens (tertiary/aromatic N) is 2. The molecule has 1 aromatic heterocycles. The first kappa shape index (κ1) is 8.06. The molecule has 2 rings (SSSR count). The summed E-state index contributed by atoms with van der Waals surface area (Å²) in [6, 6.07) is 0. The van der Waals surface area contributed by atoms with E-state index in [1.807, 2.05) is 0 Å². The molecule has 1 aliphatic heterocycles. The van der Waals surface area contributed by atoms with Gasteiger partial charge in [-0.15, -0.1) is 0 Å². The molecule has 1 aromatic rings. The van der Waals surface area contributed by atoms with Gasteiger partial charge in [-0.3, -0.25) is 9.48 Å². The molecule has 1 amide bonds. The molecule has 0 aromatic carbocycles. The van der Waals surface area contributed by atoms with Gasteiger partial charge in [0.15, 0.2) is 0 Å². The molecule has 70 valence electrons. The van der Waals surface area contributed by atoms with Crippen LogP contribution in [0.4, 0.5) is 5.82 Å². The minimum Gasteiger partial charge on any atom is -0.372 e. The first-order chi connectivity index (χ1) is 6.18. The van der Waals surface area contributed by atoms with Gasteiger partial charge in [-0.05, 0) is 0 Å². The second-order valence-corrected chi connectivity index (χ2v) is 2.90. The van der Waals surface area contributed by atoms with Crippen LogP contribution < -0.4 is 10.6 Å². The molecule has 0 bridgehead atoms. The molecule has 6 nitrogen and oxygen atoms in total. The van der Waals surface area contributed by atoms with Crippen LogP contribution in [-0.4, -0.2) is 33.6 Å². The summed E-state index contributed by atoms with van der Waals surface area (Å²) < 4.78 is 1.52. The van der Waals surface area contributed by atoms with Gasteiger partial charge < -0.3 is 15.7 Å². The number of nitrogens with one attached hydrogen (secondary N) is 2. The third-order valence-electron chi connectivity index (χ3n) is 1.94. The number of amides is 1. The van der Waals surface area contributed by atoms with Gasteiger partial charge in [0.2, 0.25) is 0 Å². The molecule has 3 N–H and O–H groups in total. The van der Waals surface area contributed by atoms with Gasteiger partial charge in [0.1, 0.15) is 17.6 Å². The summed E-state index contributed by atoms with van der Waals surface area (Å²) in [5.41, 5.74) is 0.457. The number of aliphatic hydroxyl groups is 1. The lowest BCUT2D eigenvalue weighted by atomic mass is 10.3. The van der Waals surface area contributed by atoms with Crippen molar-refractivity contribution in [1.82, 2.24) is 15.1 Å². The van der Waals surface area contributed by atoms with Crippen LogP contribution in [0, 0.1) is 0 Å². The van der Waals surface area contributed by atoms with Crippen LogP contribution in [0.1, 0.15) is 10.4 Å². The second-order valence-electron chi connectivity index (χ2n) is 2.90. The van der Waals surface area contributed by atoms with E-state index in [1.165, 1.54) is 10.9 Å². The normalized spacial score (nSPS) is 21.4. The highest BCUT2D eigenvalue weighted by Gasteiger charge is 2.22. The smallest absolute Gasteiger partial charge is 0.256 e. The van der Waals surface area contributed by atoms with Crippen LogP contribution in [0.2, 0.25) is 0 Å². The molecule has 0 radical (unpaired) electrons. The highest BCUT2D eigenvalue weighted by molar-refractivity contribution is 5.99. The summed E-state index contributed by atoms with van der Waals surface area (Å²) in [7, 11) is 1.71. The number of carbonyl (C=O) groups is 1. The van der Waals surface area contributed by atoms with Crippen molar-refractivity contribution in [3.63, 3.8) is 0 Å². The van der Waals surface area contributed by atoms with E-state index >= 15 is 0 Å². The highest BCUT2D eigenvalue weighted by atomic mass is 16.3. The van der Waals surface area contributed by atoms with Crippen molar-refractivity contribution >= 4 is 11.7 Å². The first-order valence-electron chi connectivity index (χ1n) is 3.93. The van der Waals surface area contributed by atoms with Crippen molar-refractivity contribution in [2.45, 2.75) is 6.23 Å². The number of rotatable bonds is 0. The average Bonchev–Trinajstić information content (AvgIpc) is 2.37. The minimum absolute atomic E-state index is 0.202. The Morgan fingerprint density at radius 1 is 1.77 bits per heavy atom. The molecule has 0 spiro atoms. The number of hydrogen-bond donors (Lipinski definition) is 3. The van der Waals surface area contributed by atoms with Crippen molar-refractivity contribution < 1.29 is 9.90 Å². The summed E-state index contributed by atoms with van der Waals surface area (Å²) >= 11 is 0. The Balaban J connectivity index is 2.45. The lowest BCUT2D eigenvalue weighted by Crippen LogP contribution is -2.32. The maximum absolute atomic E-state index is 11.3. The molecular weight excluding hydrogens is 172 g/mol. The van der Waals surface area contributed by atoms with E-state index in [0.29, 0.717) is 11.4 Å². The summed E-state index contributed by atoms with van der Waals surface area (Å²) in [5, 5.41) is 18.6. The number of aryl methyl sites for hydroxylation is 1. The number of hydrogen-bond acceptors (Lipinski definition) is 4. The van der Waals surface area contributed by atoms with E-state index in [4.69, 9.17) is 0 Å². The second kappa shape index (κ2) is 2.74. The largest absolute Gasteiger partial charge is 0.372 e. The molecule has 0 saturated heterocycles. The van der Waals surface area contributed by atoms with Crippen LogP contribution in [0.25, 0.3) is 0 Å². The Morgan fingerprint density at radius 3 is 3.31 bits per heavy atom. The fraction of sp³-hybridized carbons (Fsp3) is 0.429. The molecule has 13 heavy (non-hydrogen) atoms. The van der Waals surface area contributed by atoms with E-state index in [2.05, 4.69) is 15.7 Å². The number of anilines is 1. The minimum atomic E-state index is -0.763. The lowest BCUT2D eigenvalue weighted by molar-refractivity contribution is 0.0936. The maximum atomic E-state index is 11.3. The van der Waals surface area contributed by atoms with Gasteiger partial charge in [0.25, 0.3) is 5.91 Å². The third-order valence-corrected chi connectivity index (χ3v) is 1.94. The molecule has 1 unspecified atom stereocenters. The standard InChI is InChI=1S/C7H10N4O2/c1-11-6-4(2-9-11)7(13)8-3-5(12)10-6/h2,5,10,12H,3H2,1H3,(H,8,13). The van der Waals surface area contributed by atoms with E-state index in [0.717, 1.165) is 0 Å². The van der Waals surface area contributed by atoms with Crippen LogP contribution in [0.3, 0.4) is 0 Å². The average molecular weight is 182 g/mol. The molecule has 1 atom stereocenters. The summed E-state index contributed by atoms with van der Waals surface area (Å²) in [4.78, 5) is 11.3. The Kier molecular flexibility index (Phi) is 1.70. The fourth-order valence-electron chi connectivity index (χ4n) is 1.27. The zero-order valence-electron chi connectivity index (χ0n) is 7.11. The summed E-state index contributed by atoms with van der Waals surface area (Å²) in [5.74, 6) is 0.328. The SMILES string of the molecule is Cn1ncc2c1NC(O)CNC2=O. The Morgan fingerprint density at radius 2 is 2.54 bits per heavy atom. The zero-order valence-corrected chi connectivity index (χ0v) is 7.11. The third kappa shape index (κ3) is 1.25. The predicted molar refractivity (Wildman–Crippen MR) is 45.2 cm³/mol. The molecule has 0 fully saturated rings. The number of aliphatic hydroxyl groups excluding tert-OH is 1. The van der Waals surface area contributed by atoms with Gasteiger partial charge >= 0.3 is 0 Å². The molecule has 1 aliphatic rings. The van der Waals surface area contributed by atoms with Crippen LogP contribution in [0.5, 0.6) is 0 Å². The first-order valence-corrected chi connectivity index (χ1v) is 3.93. The molecule has 6 heteroatoms. The van der Waals surface area contributed by atoms with Crippen LogP contribution >= 0.6 is 0 Å². The number of β-amino-alcohol motifs (C(OH)–C–C–N with tert-alkyl or cyclic N) is 1. The zero-order chi connectivity index (χ0) is 9.42. The lowest BCUT2D eigenvalue weighted by Gasteiger charge is -2.10. The van der Waals surface area contributed by atoms with Crippen molar-refractivity contribution in [2.24, 2.45) is 7.05 Å². The van der Waals surface area contributed by atoms with Crippen LogP contribution in [-0.2, 0) is 7.05 Å². The van der Waals surface area contributed by atoms with Crippen molar-refractivity contribution in [3.8, 4) is 0 Å². The number of fused-ring (bicyclic) bond motifs is 1. The van der Waals surface area contributed by atoms with Gasteiger partial charge in [-0.25, -0.2) is 0 Å². The molecule has 2 heterocycles. The van der Waals surface area contributed by atoms with Gasteiger partial charge in [0.05, 0.1) is 12.7 Å². The van der Waals surface area contributed by atoms with Crippen LogP contribution in [0.15, 0.2) is 6.20 Å². The van der Waals surface area contributed by atoms with Crippen molar-refractivity contribution in [1.29, 1.82) is 0 Å². The van der Waals surface area contributed by atoms with E-state index < -0.39 is 6.23 Å². The predicted octanol–water partition coefficient (Wildman–Crippen LogP) is -1.11. The molecule has 0 aliphatic carbocycles. The topological polar surface area (TPSA) is 79.2 Å². The van der Waals surface area contributed by atoms with Crippen molar-refractivity contribution in [2.75, 3.05) is 11.9 Å². The van der Waals surface area contributed by atoms with Crippen molar-refractivity contribution in [3.05, 3.63) is 11.8 Å². The summed E-state index contributed by atoms with van der Waals surface area (Å²) in [6.45, 7) is 0.202. The monoisotopic (exact) mass is 182 g/mol. The van der Waals surface area contributed by atoms with E-state index in [-0.39, 0.29) is 12.5 Å². The Bertz CT molecular complexity index is 346. The number of carbonyl (C=O) groups excluding carboxylic acids is 1. The number of aromatic nitrogens is 2. The van der Waals surface area contributed by atoms with E-state index in [9.17, 15) is 9.90 Å². The molecule has 0 saturated carbocycles. The Hall–Kier alpha value is -1.56. The quantitative estimate of drug-likeness (QED) is 0.475. The van der Waals surface area contributed by atoms with Gasteiger partial charge in [-0.2, -0.15) is 5.10 Å². The maximum Gasteiger partial charge on any atom is 0.256 e. The molecular formula is C7H10N4O2. The summed E-state index contributed by atoms with van der Waals surface area (Å²) in [6.07, 6.45) is 0.705. The van der Waals surface area contributed by atoms with E-state index in [1.54, 1.807) is 7.05 Å². The van der Waals surface area contributed by atoms with Gasteiger partial charge in [-0.1, -0.05) is 0 Å². The Labute approximate surface area is 74.5 Å².